The molecule has 0 saturated heterocycles. The van der Waals surface area contributed by atoms with Crippen molar-refractivity contribution < 1.29 is 9.53 Å². The number of nitrogens with zero attached hydrogens (tertiary/aromatic N) is 1. The van der Waals surface area contributed by atoms with E-state index in [0.717, 1.165) is 25.8 Å². The molecule has 4 atom stereocenters. The quantitative estimate of drug-likeness (QED) is 0.758. The summed E-state index contributed by atoms with van der Waals surface area (Å²) in [5.74, 6) is 1.32. The van der Waals surface area contributed by atoms with Gasteiger partial charge in [0.2, 0.25) is 5.91 Å². The normalized spacial score (nSPS) is 32.3. The zero-order valence-corrected chi connectivity index (χ0v) is 12.2. The minimum Gasteiger partial charge on any atom is -0.385 e. The van der Waals surface area contributed by atoms with Crippen LogP contribution in [0.5, 0.6) is 0 Å². The number of ether oxygens (including phenoxy) is 1. The summed E-state index contributed by atoms with van der Waals surface area (Å²) in [6, 6.07) is 0.169. The maximum atomic E-state index is 12.4. The van der Waals surface area contributed by atoms with E-state index in [2.05, 4.69) is 13.8 Å². The molecule has 4 heteroatoms. The SMILES string of the molecule is COCCCN(C)C(=O)C1CC(N)C(C)CC1C. The molecule has 0 aliphatic heterocycles. The van der Waals surface area contributed by atoms with Crippen molar-refractivity contribution in [2.45, 2.75) is 39.2 Å². The van der Waals surface area contributed by atoms with Crippen molar-refractivity contribution in [2.75, 3.05) is 27.3 Å². The van der Waals surface area contributed by atoms with Crippen LogP contribution in [-0.2, 0) is 9.53 Å². The van der Waals surface area contributed by atoms with Crippen molar-refractivity contribution in [2.24, 2.45) is 23.5 Å². The molecule has 1 aliphatic carbocycles. The van der Waals surface area contributed by atoms with Crippen LogP contribution in [-0.4, -0.2) is 44.2 Å². The van der Waals surface area contributed by atoms with Gasteiger partial charge in [-0.05, 0) is 31.1 Å². The van der Waals surface area contributed by atoms with Gasteiger partial charge in [-0.3, -0.25) is 4.79 Å². The molecule has 1 amide bonds. The molecule has 0 radical (unpaired) electrons. The molecule has 4 nitrogen and oxygen atoms in total. The molecular formula is C14H28N2O2. The van der Waals surface area contributed by atoms with Gasteiger partial charge in [-0.15, -0.1) is 0 Å². The van der Waals surface area contributed by atoms with E-state index in [4.69, 9.17) is 10.5 Å². The molecule has 2 N–H and O–H groups in total. The summed E-state index contributed by atoms with van der Waals surface area (Å²) in [5, 5.41) is 0. The molecule has 1 saturated carbocycles. The zero-order valence-electron chi connectivity index (χ0n) is 12.2. The second-order valence-electron chi connectivity index (χ2n) is 5.80. The molecule has 0 spiro atoms. The van der Waals surface area contributed by atoms with E-state index in [1.54, 1.807) is 7.11 Å². The first-order valence-corrected chi connectivity index (χ1v) is 6.96. The minimum atomic E-state index is 0.101. The smallest absolute Gasteiger partial charge is 0.225 e. The highest BCUT2D eigenvalue weighted by molar-refractivity contribution is 5.79. The number of hydrogen-bond donors (Lipinski definition) is 1. The van der Waals surface area contributed by atoms with Crippen LogP contribution in [0.4, 0.5) is 0 Å². The lowest BCUT2D eigenvalue weighted by Crippen LogP contribution is -2.45. The molecule has 0 aromatic carbocycles. The Balaban J connectivity index is 2.49. The van der Waals surface area contributed by atoms with Gasteiger partial charge < -0.3 is 15.4 Å². The topological polar surface area (TPSA) is 55.6 Å². The van der Waals surface area contributed by atoms with E-state index in [1.165, 1.54) is 0 Å². The summed E-state index contributed by atoms with van der Waals surface area (Å²) >= 11 is 0. The molecule has 0 aromatic rings. The summed E-state index contributed by atoms with van der Waals surface area (Å²) < 4.78 is 5.01. The molecule has 0 heterocycles. The average molecular weight is 256 g/mol. The highest BCUT2D eigenvalue weighted by Gasteiger charge is 2.36. The van der Waals surface area contributed by atoms with Crippen molar-refractivity contribution in [3.05, 3.63) is 0 Å². The van der Waals surface area contributed by atoms with Gasteiger partial charge in [-0.1, -0.05) is 13.8 Å². The molecule has 0 bridgehead atoms. The standard InChI is InChI=1S/C14H28N2O2/c1-10-8-11(2)13(15)9-12(10)14(17)16(3)6-5-7-18-4/h10-13H,5-9,15H2,1-4H3. The second-order valence-corrected chi connectivity index (χ2v) is 5.80. The van der Waals surface area contributed by atoms with Crippen LogP contribution >= 0.6 is 0 Å². The Labute approximate surface area is 111 Å². The molecule has 18 heavy (non-hydrogen) atoms. The van der Waals surface area contributed by atoms with E-state index in [0.29, 0.717) is 18.4 Å². The fraction of sp³-hybridized carbons (Fsp3) is 0.929. The zero-order chi connectivity index (χ0) is 13.7. The number of hydrogen-bond acceptors (Lipinski definition) is 3. The van der Waals surface area contributed by atoms with Crippen molar-refractivity contribution in [1.29, 1.82) is 0 Å². The Kier molecular flexibility index (Phi) is 6.09. The predicted octanol–water partition coefficient (Wildman–Crippen LogP) is 1.49. The Morgan fingerprint density at radius 1 is 1.33 bits per heavy atom. The van der Waals surface area contributed by atoms with Crippen LogP contribution in [0.3, 0.4) is 0 Å². The predicted molar refractivity (Wildman–Crippen MR) is 73.2 cm³/mol. The Hall–Kier alpha value is -0.610. The summed E-state index contributed by atoms with van der Waals surface area (Å²) in [5.41, 5.74) is 6.10. The molecule has 0 aromatic heterocycles. The first kappa shape index (κ1) is 15.4. The molecule has 4 unspecified atom stereocenters. The Morgan fingerprint density at radius 3 is 2.61 bits per heavy atom. The fourth-order valence-corrected chi connectivity index (χ4v) is 2.87. The summed E-state index contributed by atoms with van der Waals surface area (Å²) in [4.78, 5) is 14.2. The maximum Gasteiger partial charge on any atom is 0.225 e. The number of rotatable bonds is 5. The van der Waals surface area contributed by atoms with Crippen molar-refractivity contribution in [3.63, 3.8) is 0 Å². The number of carbonyl (C=O) groups is 1. The lowest BCUT2D eigenvalue weighted by molar-refractivity contribution is -0.137. The Morgan fingerprint density at radius 2 is 2.00 bits per heavy atom. The molecule has 1 aliphatic rings. The lowest BCUT2D eigenvalue weighted by Gasteiger charge is -2.37. The van der Waals surface area contributed by atoms with Crippen molar-refractivity contribution in [1.82, 2.24) is 4.90 Å². The summed E-state index contributed by atoms with van der Waals surface area (Å²) in [7, 11) is 3.57. The second kappa shape index (κ2) is 7.10. The molecule has 106 valence electrons. The third-order valence-corrected chi connectivity index (χ3v) is 4.22. The number of nitrogens with two attached hydrogens (primary N) is 1. The highest BCUT2D eigenvalue weighted by Crippen LogP contribution is 2.33. The number of methoxy groups -OCH3 is 1. The van der Waals surface area contributed by atoms with E-state index in [9.17, 15) is 4.79 Å². The van der Waals surface area contributed by atoms with E-state index < -0.39 is 0 Å². The monoisotopic (exact) mass is 256 g/mol. The van der Waals surface area contributed by atoms with Crippen LogP contribution in [0.25, 0.3) is 0 Å². The van der Waals surface area contributed by atoms with Gasteiger partial charge in [-0.2, -0.15) is 0 Å². The van der Waals surface area contributed by atoms with E-state index >= 15 is 0 Å². The van der Waals surface area contributed by atoms with Gasteiger partial charge >= 0.3 is 0 Å². The van der Waals surface area contributed by atoms with Crippen LogP contribution in [0.1, 0.15) is 33.1 Å². The third kappa shape index (κ3) is 3.95. The van der Waals surface area contributed by atoms with Gasteiger partial charge in [0.1, 0.15) is 0 Å². The van der Waals surface area contributed by atoms with Crippen LogP contribution in [0.2, 0.25) is 0 Å². The fourth-order valence-electron chi connectivity index (χ4n) is 2.87. The van der Waals surface area contributed by atoms with Crippen molar-refractivity contribution in [3.8, 4) is 0 Å². The van der Waals surface area contributed by atoms with Crippen LogP contribution in [0, 0.1) is 17.8 Å². The number of carbonyl (C=O) groups excluding carboxylic acids is 1. The van der Waals surface area contributed by atoms with E-state index in [1.807, 2.05) is 11.9 Å². The highest BCUT2D eigenvalue weighted by atomic mass is 16.5. The first-order chi connectivity index (χ1) is 8.47. The number of amides is 1. The maximum absolute atomic E-state index is 12.4. The minimum absolute atomic E-state index is 0.101. The lowest BCUT2D eigenvalue weighted by atomic mass is 9.72. The average Bonchev–Trinajstić information content (AvgIpc) is 2.33. The molecular weight excluding hydrogens is 228 g/mol. The van der Waals surface area contributed by atoms with Crippen LogP contribution in [0.15, 0.2) is 0 Å². The van der Waals surface area contributed by atoms with Gasteiger partial charge in [0.15, 0.2) is 0 Å². The van der Waals surface area contributed by atoms with Gasteiger partial charge in [0, 0.05) is 39.3 Å². The third-order valence-electron chi connectivity index (χ3n) is 4.22. The summed E-state index contributed by atoms with van der Waals surface area (Å²) in [6.07, 6.45) is 2.78. The van der Waals surface area contributed by atoms with Gasteiger partial charge in [-0.25, -0.2) is 0 Å². The first-order valence-electron chi connectivity index (χ1n) is 6.96. The largest absolute Gasteiger partial charge is 0.385 e. The molecule has 1 rings (SSSR count). The molecule has 1 fully saturated rings. The van der Waals surface area contributed by atoms with Crippen molar-refractivity contribution >= 4 is 5.91 Å². The van der Waals surface area contributed by atoms with Crippen LogP contribution < -0.4 is 5.73 Å². The Bertz CT molecular complexity index is 271. The summed E-state index contributed by atoms with van der Waals surface area (Å²) in [6.45, 7) is 5.83. The van der Waals surface area contributed by atoms with Gasteiger partial charge in [0.05, 0.1) is 0 Å². The van der Waals surface area contributed by atoms with E-state index in [-0.39, 0.29) is 17.9 Å². The van der Waals surface area contributed by atoms with Gasteiger partial charge in [0.25, 0.3) is 0 Å².